The first-order valence-electron chi connectivity index (χ1n) is 9.73. The van der Waals surface area contributed by atoms with Crippen LogP contribution in [0.2, 0.25) is 0 Å². The van der Waals surface area contributed by atoms with Crippen LogP contribution in [0.15, 0.2) is 72.8 Å². The minimum absolute atomic E-state index is 0.0241. The number of benzene rings is 3. The Balaban J connectivity index is 1.69. The van der Waals surface area contributed by atoms with Crippen molar-refractivity contribution >= 4 is 5.91 Å². The maximum absolute atomic E-state index is 13.5. The summed E-state index contributed by atoms with van der Waals surface area (Å²) in [6.45, 7) is 2.91. The number of carbonyl (C=O) groups is 1. The molecule has 3 heteroatoms. The van der Waals surface area contributed by atoms with Crippen LogP contribution in [0, 0.1) is 0 Å². The van der Waals surface area contributed by atoms with Crippen molar-refractivity contribution in [3.8, 4) is 5.75 Å². The summed E-state index contributed by atoms with van der Waals surface area (Å²) in [5, 5.41) is 0. The second kappa shape index (κ2) is 6.23. The number of amides is 1. The minimum Gasteiger partial charge on any atom is -0.497 e. The van der Waals surface area contributed by atoms with Crippen molar-refractivity contribution in [3.05, 3.63) is 101 Å². The molecular formula is C25H23NO2. The Morgan fingerprint density at radius 2 is 1.79 bits per heavy atom. The molecule has 3 aromatic carbocycles. The van der Waals surface area contributed by atoms with Gasteiger partial charge in [-0.1, -0.05) is 61.5 Å². The zero-order valence-corrected chi connectivity index (χ0v) is 16.2. The molecular weight excluding hydrogens is 346 g/mol. The van der Waals surface area contributed by atoms with E-state index in [1.54, 1.807) is 7.11 Å². The van der Waals surface area contributed by atoms with Crippen LogP contribution in [0.4, 0.5) is 0 Å². The molecule has 0 aromatic heterocycles. The Hall–Kier alpha value is -3.07. The normalized spacial score (nSPS) is 22.4. The van der Waals surface area contributed by atoms with Crippen LogP contribution in [0.5, 0.6) is 5.75 Å². The number of rotatable bonds is 3. The van der Waals surface area contributed by atoms with E-state index in [0.717, 1.165) is 28.9 Å². The molecule has 0 saturated carbocycles. The highest BCUT2D eigenvalue weighted by atomic mass is 16.5. The molecule has 1 aliphatic heterocycles. The molecule has 0 spiro atoms. The van der Waals surface area contributed by atoms with Crippen LogP contribution >= 0.6 is 0 Å². The highest BCUT2D eigenvalue weighted by Crippen LogP contribution is 2.55. The molecule has 0 saturated heterocycles. The first-order chi connectivity index (χ1) is 13.6. The van der Waals surface area contributed by atoms with Crippen molar-refractivity contribution in [1.82, 2.24) is 4.90 Å². The molecule has 3 aromatic rings. The number of fused-ring (bicyclic) bond motifs is 5. The molecule has 1 aliphatic carbocycles. The lowest BCUT2D eigenvalue weighted by Crippen LogP contribution is -2.48. The Bertz CT molecular complexity index is 1060. The number of nitrogens with zero attached hydrogens (tertiary/aromatic N) is 1. The van der Waals surface area contributed by atoms with Gasteiger partial charge >= 0.3 is 0 Å². The van der Waals surface area contributed by atoms with Crippen molar-refractivity contribution in [2.75, 3.05) is 7.11 Å². The molecule has 0 radical (unpaired) electrons. The van der Waals surface area contributed by atoms with Gasteiger partial charge in [0.15, 0.2) is 0 Å². The maximum atomic E-state index is 13.5. The summed E-state index contributed by atoms with van der Waals surface area (Å²) in [6.07, 6.45) is 0.903. The fourth-order valence-corrected chi connectivity index (χ4v) is 5.10. The predicted molar refractivity (Wildman–Crippen MR) is 110 cm³/mol. The molecule has 0 bridgehead atoms. The zero-order chi connectivity index (χ0) is 19.3. The number of hydrogen-bond acceptors (Lipinski definition) is 2. The topological polar surface area (TPSA) is 29.5 Å². The minimum atomic E-state index is -0.145. The summed E-state index contributed by atoms with van der Waals surface area (Å²) in [4.78, 5) is 15.6. The largest absolute Gasteiger partial charge is 0.497 e. The SMILES string of the molecule is COc1ccc2c(c1)C[C@]1(C)c3ccccc3C(=O)N(Cc3ccccc3)[C@H]21. The second-order valence-electron chi connectivity index (χ2n) is 8.03. The molecule has 0 fully saturated rings. The highest BCUT2D eigenvalue weighted by Gasteiger charge is 2.52. The summed E-state index contributed by atoms with van der Waals surface area (Å²) >= 11 is 0. The lowest BCUT2D eigenvalue weighted by molar-refractivity contribution is 0.0517. The predicted octanol–water partition coefficient (Wildman–Crippen LogP) is 4.91. The Labute approximate surface area is 165 Å². The van der Waals surface area contributed by atoms with Crippen LogP contribution in [-0.4, -0.2) is 17.9 Å². The van der Waals surface area contributed by atoms with Gasteiger partial charge in [0, 0.05) is 17.5 Å². The fraction of sp³-hybridized carbons (Fsp3) is 0.240. The van der Waals surface area contributed by atoms with Gasteiger partial charge in [-0.3, -0.25) is 4.79 Å². The third-order valence-electron chi connectivity index (χ3n) is 6.35. The third kappa shape index (κ3) is 2.39. The molecule has 140 valence electrons. The van der Waals surface area contributed by atoms with Gasteiger partial charge in [-0.25, -0.2) is 0 Å². The van der Waals surface area contributed by atoms with Gasteiger partial charge < -0.3 is 9.64 Å². The molecule has 5 rings (SSSR count). The van der Waals surface area contributed by atoms with Gasteiger partial charge in [0.2, 0.25) is 0 Å². The summed E-state index contributed by atoms with van der Waals surface area (Å²) in [6, 6.07) is 24.7. The Kier molecular flexibility index (Phi) is 3.80. The van der Waals surface area contributed by atoms with E-state index >= 15 is 0 Å². The van der Waals surface area contributed by atoms with E-state index in [0.29, 0.717) is 6.54 Å². The summed E-state index contributed by atoms with van der Waals surface area (Å²) in [5.74, 6) is 0.987. The monoisotopic (exact) mass is 369 g/mol. The Morgan fingerprint density at radius 3 is 2.57 bits per heavy atom. The molecule has 2 aliphatic rings. The van der Waals surface area contributed by atoms with Crippen molar-refractivity contribution < 1.29 is 9.53 Å². The van der Waals surface area contributed by atoms with Gasteiger partial charge in [0.05, 0.1) is 13.2 Å². The highest BCUT2D eigenvalue weighted by molar-refractivity contribution is 5.98. The molecule has 0 unspecified atom stereocenters. The summed E-state index contributed by atoms with van der Waals surface area (Å²) in [5.41, 5.74) is 5.51. The lowest BCUT2D eigenvalue weighted by Gasteiger charge is -2.45. The number of hydrogen-bond donors (Lipinski definition) is 0. The van der Waals surface area contributed by atoms with E-state index in [1.165, 1.54) is 11.1 Å². The average Bonchev–Trinajstić information content (AvgIpc) is 3.04. The van der Waals surface area contributed by atoms with Gasteiger partial charge in [-0.05, 0) is 46.9 Å². The van der Waals surface area contributed by atoms with E-state index in [4.69, 9.17) is 4.74 Å². The quantitative estimate of drug-likeness (QED) is 0.657. The standard InChI is InChI=1S/C25H23NO2/c1-25-15-18-14-19(28-2)12-13-20(18)23(25)26(16-17-8-4-3-5-9-17)24(27)21-10-6-7-11-22(21)25/h3-14,23H,15-16H2,1-2H3/t23-,25-/m1/s1. The van der Waals surface area contributed by atoms with Crippen LogP contribution in [0.3, 0.4) is 0 Å². The van der Waals surface area contributed by atoms with E-state index in [-0.39, 0.29) is 17.4 Å². The zero-order valence-electron chi connectivity index (χ0n) is 16.2. The van der Waals surface area contributed by atoms with E-state index in [1.807, 2.05) is 42.5 Å². The molecule has 2 atom stereocenters. The van der Waals surface area contributed by atoms with E-state index in [9.17, 15) is 4.79 Å². The third-order valence-corrected chi connectivity index (χ3v) is 6.35. The Morgan fingerprint density at radius 1 is 1.04 bits per heavy atom. The van der Waals surface area contributed by atoms with Crippen molar-refractivity contribution in [2.45, 2.75) is 31.3 Å². The van der Waals surface area contributed by atoms with Crippen LogP contribution in [0.25, 0.3) is 0 Å². The molecule has 3 nitrogen and oxygen atoms in total. The molecule has 1 amide bonds. The summed E-state index contributed by atoms with van der Waals surface area (Å²) in [7, 11) is 1.70. The number of methoxy groups -OCH3 is 1. The average molecular weight is 369 g/mol. The second-order valence-corrected chi connectivity index (χ2v) is 8.03. The number of ether oxygens (including phenoxy) is 1. The maximum Gasteiger partial charge on any atom is 0.255 e. The molecule has 1 heterocycles. The van der Waals surface area contributed by atoms with E-state index in [2.05, 4.69) is 42.2 Å². The van der Waals surface area contributed by atoms with Gasteiger partial charge in [-0.2, -0.15) is 0 Å². The van der Waals surface area contributed by atoms with Gasteiger partial charge in [-0.15, -0.1) is 0 Å². The van der Waals surface area contributed by atoms with Crippen LogP contribution in [0.1, 0.15) is 45.6 Å². The summed E-state index contributed by atoms with van der Waals surface area (Å²) < 4.78 is 5.46. The van der Waals surface area contributed by atoms with Crippen molar-refractivity contribution in [1.29, 1.82) is 0 Å². The first-order valence-corrected chi connectivity index (χ1v) is 9.73. The van der Waals surface area contributed by atoms with Crippen LogP contribution in [-0.2, 0) is 18.4 Å². The van der Waals surface area contributed by atoms with E-state index < -0.39 is 0 Å². The van der Waals surface area contributed by atoms with Crippen molar-refractivity contribution in [2.24, 2.45) is 0 Å². The van der Waals surface area contributed by atoms with Gasteiger partial charge in [0.1, 0.15) is 5.75 Å². The van der Waals surface area contributed by atoms with Gasteiger partial charge in [0.25, 0.3) is 5.91 Å². The lowest BCUT2D eigenvalue weighted by atomic mass is 9.71. The number of carbonyl (C=O) groups excluding carboxylic acids is 1. The smallest absolute Gasteiger partial charge is 0.255 e. The first kappa shape index (κ1) is 17.1. The molecule has 28 heavy (non-hydrogen) atoms. The van der Waals surface area contributed by atoms with Crippen molar-refractivity contribution in [3.63, 3.8) is 0 Å². The van der Waals surface area contributed by atoms with Crippen LogP contribution < -0.4 is 4.74 Å². The fourth-order valence-electron chi connectivity index (χ4n) is 5.10. The molecule has 0 N–H and O–H groups in total.